The molecule has 0 aliphatic heterocycles. The maximum absolute atomic E-state index is 14.0. The molecule has 0 aliphatic rings. The monoisotopic (exact) mass is 383 g/mol. The van der Waals surface area contributed by atoms with E-state index in [2.05, 4.69) is 15.9 Å². The van der Waals surface area contributed by atoms with Gasteiger partial charge in [-0.05, 0) is 18.6 Å². The minimum Gasteiger partial charge on any atom is -0.460 e. The molecule has 0 atom stereocenters. The van der Waals surface area contributed by atoms with Crippen molar-refractivity contribution >= 4 is 31.9 Å². The fourth-order valence-corrected chi connectivity index (χ4v) is 2.70. The van der Waals surface area contributed by atoms with Gasteiger partial charge in [-0.25, -0.2) is 22.7 Å². The van der Waals surface area contributed by atoms with Gasteiger partial charge in [0.25, 0.3) is 0 Å². The third kappa shape index (κ3) is 5.34. The van der Waals surface area contributed by atoms with Crippen LogP contribution in [0, 0.1) is 5.82 Å². The molecule has 1 aromatic rings. The Bertz CT molecular complexity index is 620. The fourth-order valence-electron chi connectivity index (χ4n) is 1.44. The summed E-state index contributed by atoms with van der Waals surface area (Å²) >= 11 is 2.99. The lowest BCUT2D eigenvalue weighted by Crippen LogP contribution is -2.18. The Morgan fingerprint density at radius 1 is 1.33 bits per heavy atom. The largest absolute Gasteiger partial charge is 0.460 e. The SMILES string of the molecule is CCCOCCOC(=O)c1cc(Br)cc(S(N)(=O)=O)c1F. The molecule has 0 bridgehead atoms. The van der Waals surface area contributed by atoms with Gasteiger partial charge in [0.2, 0.25) is 10.0 Å². The first-order valence-corrected chi connectivity index (χ1v) is 8.38. The Balaban J connectivity index is 2.88. The second-order valence-electron chi connectivity index (χ2n) is 4.06. The average Bonchev–Trinajstić information content (AvgIpc) is 2.39. The molecule has 0 aliphatic carbocycles. The van der Waals surface area contributed by atoms with Gasteiger partial charge in [0.15, 0.2) is 5.82 Å². The molecule has 9 heteroatoms. The van der Waals surface area contributed by atoms with Crippen LogP contribution in [0.3, 0.4) is 0 Å². The van der Waals surface area contributed by atoms with Gasteiger partial charge < -0.3 is 9.47 Å². The molecule has 0 spiro atoms. The third-order valence-corrected chi connectivity index (χ3v) is 3.71. The van der Waals surface area contributed by atoms with Crippen LogP contribution in [0.4, 0.5) is 4.39 Å². The lowest BCUT2D eigenvalue weighted by Gasteiger charge is -2.09. The number of carbonyl (C=O) groups excluding carboxylic acids is 1. The summed E-state index contributed by atoms with van der Waals surface area (Å²) in [6.07, 6.45) is 0.825. The number of ether oxygens (including phenoxy) is 2. The number of primary sulfonamides is 1. The Kier molecular flexibility index (Phi) is 6.72. The second-order valence-corrected chi connectivity index (χ2v) is 6.50. The number of halogens is 2. The van der Waals surface area contributed by atoms with Gasteiger partial charge >= 0.3 is 5.97 Å². The summed E-state index contributed by atoms with van der Waals surface area (Å²) in [5, 5.41) is 4.89. The van der Waals surface area contributed by atoms with Crippen LogP contribution in [0.1, 0.15) is 23.7 Å². The first-order valence-electron chi connectivity index (χ1n) is 6.04. The topological polar surface area (TPSA) is 95.7 Å². The number of carbonyl (C=O) groups is 1. The average molecular weight is 384 g/mol. The molecule has 0 radical (unpaired) electrons. The first kappa shape index (κ1) is 18.0. The molecule has 6 nitrogen and oxygen atoms in total. The zero-order valence-electron chi connectivity index (χ0n) is 11.3. The maximum atomic E-state index is 14.0. The Morgan fingerprint density at radius 2 is 2.00 bits per heavy atom. The lowest BCUT2D eigenvalue weighted by atomic mass is 10.2. The Labute approximate surface area is 130 Å². The van der Waals surface area contributed by atoms with Crippen LogP contribution in [0.2, 0.25) is 0 Å². The van der Waals surface area contributed by atoms with E-state index in [1.165, 1.54) is 0 Å². The summed E-state index contributed by atoms with van der Waals surface area (Å²) in [4.78, 5) is 11.0. The van der Waals surface area contributed by atoms with Crippen molar-refractivity contribution < 1.29 is 27.1 Å². The van der Waals surface area contributed by atoms with E-state index >= 15 is 0 Å². The summed E-state index contributed by atoms with van der Waals surface area (Å²) in [6.45, 7) is 2.57. The fraction of sp³-hybridized carbons (Fsp3) is 0.417. The molecule has 1 rings (SSSR count). The van der Waals surface area contributed by atoms with E-state index in [-0.39, 0.29) is 17.7 Å². The van der Waals surface area contributed by atoms with Crippen LogP contribution in [0.5, 0.6) is 0 Å². The van der Waals surface area contributed by atoms with E-state index in [1.807, 2.05) is 6.92 Å². The molecule has 21 heavy (non-hydrogen) atoms. The molecule has 0 saturated carbocycles. The Hall–Kier alpha value is -1.03. The highest BCUT2D eigenvalue weighted by Crippen LogP contribution is 2.23. The number of esters is 1. The zero-order valence-corrected chi connectivity index (χ0v) is 13.7. The van der Waals surface area contributed by atoms with Crippen molar-refractivity contribution in [3.63, 3.8) is 0 Å². The highest BCUT2D eigenvalue weighted by molar-refractivity contribution is 9.10. The first-order chi connectivity index (χ1) is 9.77. The summed E-state index contributed by atoms with van der Waals surface area (Å²) in [5.74, 6) is -2.22. The van der Waals surface area contributed by atoms with E-state index in [4.69, 9.17) is 14.6 Å². The zero-order chi connectivity index (χ0) is 16.0. The van der Waals surface area contributed by atoms with Crippen LogP contribution in [0.25, 0.3) is 0 Å². The summed E-state index contributed by atoms with van der Waals surface area (Å²) < 4.78 is 46.7. The van der Waals surface area contributed by atoms with Crippen molar-refractivity contribution in [2.75, 3.05) is 19.8 Å². The van der Waals surface area contributed by atoms with Crippen LogP contribution in [0.15, 0.2) is 21.5 Å². The molecule has 0 amide bonds. The number of benzene rings is 1. The predicted octanol–water partition coefficient (Wildman–Crippen LogP) is 1.82. The van der Waals surface area contributed by atoms with E-state index in [1.54, 1.807) is 0 Å². The highest BCUT2D eigenvalue weighted by atomic mass is 79.9. The molecule has 0 heterocycles. The van der Waals surface area contributed by atoms with E-state index < -0.39 is 32.3 Å². The molecular weight excluding hydrogens is 369 g/mol. The van der Waals surface area contributed by atoms with Gasteiger partial charge in [-0.15, -0.1) is 0 Å². The quantitative estimate of drug-likeness (QED) is 0.572. The highest BCUT2D eigenvalue weighted by Gasteiger charge is 2.23. The van der Waals surface area contributed by atoms with Gasteiger partial charge in [-0.2, -0.15) is 0 Å². The summed E-state index contributed by atoms with van der Waals surface area (Å²) in [5.41, 5.74) is -0.510. The predicted molar refractivity (Wildman–Crippen MR) is 76.9 cm³/mol. The van der Waals surface area contributed by atoms with Crippen molar-refractivity contribution in [1.82, 2.24) is 0 Å². The van der Waals surface area contributed by atoms with Gasteiger partial charge in [0, 0.05) is 11.1 Å². The van der Waals surface area contributed by atoms with Crippen molar-refractivity contribution in [2.45, 2.75) is 18.2 Å². The molecule has 118 valence electrons. The van der Waals surface area contributed by atoms with Crippen molar-refractivity contribution in [3.05, 3.63) is 28.0 Å². The molecule has 0 fully saturated rings. The third-order valence-electron chi connectivity index (χ3n) is 2.34. The van der Waals surface area contributed by atoms with E-state index in [0.717, 1.165) is 18.6 Å². The summed E-state index contributed by atoms with van der Waals surface area (Å²) in [7, 11) is -4.28. The number of hydrogen-bond acceptors (Lipinski definition) is 5. The molecule has 0 saturated heterocycles. The number of hydrogen-bond donors (Lipinski definition) is 1. The van der Waals surface area contributed by atoms with Crippen molar-refractivity contribution in [3.8, 4) is 0 Å². The van der Waals surface area contributed by atoms with Gasteiger partial charge in [0.05, 0.1) is 12.2 Å². The maximum Gasteiger partial charge on any atom is 0.341 e. The second kappa shape index (κ2) is 7.83. The Morgan fingerprint density at radius 3 is 2.57 bits per heavy atom. The molecule has 2 N–H and O–H groups in total. The van der Waals surface area contributed by atoms with Crippen LogP contribution < -0.4 is 5.14 Å². The van der Waals surface area contributed by atoms with E-state index in [9.17, 15) is 17.6 Å². The molecule has 0 unspecified atom stereocenters. The van der Waals surface area contributed by atoms with Crippen LogP contribution in [-0.4, -0.2) is 34.2 Å². The standard InChI is InChI=1S/C12H15BrFNO5S/c1-2-3-19-4-5-20-12(16)9-6-8(13)7-10(11(9)14)21(15,17)18/h6-7H,2-5H2,1H3,(H2,15,17,18). The van der Waals surface area contributed by atoms with E-state index in [0.29, 0.717) is 6.61 Å². The smallest absolute Gasteiger partial charge is 0.341 e. The van der Waals surface area contributed by atoms with Crippen LogP contribution in [-0.2, 0) is 19.5 Å². The van der Waals surface area contributed by atoms with Crippen LogP contribution >= 0.6 is 15.9 Å². The number of rotatable bonds is 7. The number of nitrogens with two attached hydrogens (primary N) is 1. The van der Waals surface area contributed by atoms with Gasteiger partial charge in [0.1, 0.15) is 11.5 Å². The van der Waals surface area contributed by atoms with Crippen molar-refractivity contribution in [1.29, 1.82) is 0 Å². The molecule has 1 aromatic carbocycles. The molecular formula is C12H15BrFNO5S. The minimum atomic E-state index is -4.28. The normalized spacial score (nSPS) is 11.4. The number of sulfonamides is 1. The van der Waals surface area contributed by atoms with Gasteiger partial charge in [-0.1, -0.05) is 22.9 Å². The lowest BCUT2D eigenvalue weighted by molar-refractivity contribution is 0.0313. The summed E-state index contributed by atoms with van der Waals surface area (Å²) in [6, 6.07) is 2.10. The van der Waals surface area contributed by atoms with Crippen molar-refractivity contribution in [2.24, 2.45) is 5.14 Å². The van der Waals surface area contributed by atoms with Gasteiger partial charge in [-0.3, -0.25) is 0 Å². The minimum absolute atomic E-state index is 0.0600. The molecule has 0 aromatic heterocycles.